The van der Waals surface area contributed by atoms with Gasteiger partial charge in [-0.1, -0.05) is 54.6 Å². The Balaban J connectivity index is 1.70. The minimum absolute atomic E-state index is 0.111. The molecule has 0 fully saturated rings. The monoisotopic (exact) mass is 349 g/mol. The summed E-state index contributed by atoms with van der Waals surface area (Å²) < 4.78 is 5.38. The fraction of sp³-hybridized carbons (Fsp3) is 0.227. The third-order valence-electron chi connectivity index (χ3n) is 4.49. The molecule has 0 radical (unpaired) electrons. The number of aliphatic hydroxyl groups is 1. The fourth-order valence-electron chi connectivity index (χ4n) is 2.96. The number of nitrogens with one attached hydrogen (secondary N) is 1. The molecule has 1 heterocycles. The Morgan fingerprint density at radius 3 is 2.23 bits per heavy atom. The number of carbonyl (C=O) groups is 1. The topological polar surface area (TPSA) is 62.5 Å². The van der Waals surface area contributed by atoms with Gasteiger partial charge in [0.15, 0.2) is 0 Å². The van der Waals surface area contributed by atoms with Crippen molar-refractivity contribution in [2.24, 2.45) is 0 Å². The second kappa shape index (κ2) is 7.18. The predicted molar refractivity (Wildman–Crippen MR) is 102 cm³/mol. The Morgan fingerprint density at radius 2 is 1.65 bits per heavy atom. The average molecular weight is 349 g/mol. The Labute approximate surface area is 153 Å². The fourth-order valence-corrected chi connectivity index (χ4v) is 2.96. The molecular formula is C22H23NO3. The Kier molecular flexibility index (Phi) is 4.96. The van der Waals surface area contributed by atoms with E-state index in [1.165, 1.54) is 0 Å². The number of furan rings is 1. The zero-order valence-corrected chi connectivity index (χ0v) is 15.2. The largest absolute Gasteiger partial charge is 0.466 e. The van der Waals surface area contributed by atoms with Crippen LogP contribution in [0.25, 0.3) is 11.1 Å². The van der Waals surface area contributed by atoms with Crippen LogP contribution in [-0.4, -0.2) is 17.6 Å². The third-order valence-corrected chi connectivity index (χ3v) is 4.49. The van der Waals surface area contributed by atoms with Crippen LogP contribution in [0.1, 0.15) is 34.4 Å². The molecule has 0 aliphatic heterocycles. The molecular weight excluding hydrogens is 326 g/mol. The minimum atomic E-state index is -1.17. The van der Waals surface area contributed by atoms with Crippen LogP contribution in [-0.2, 0) is 5.60 Å². The molecule has 1 amide bonds. The van der Waals surface area contributed by atoms with Crippen molar-refractivity contribution in [2.45, 2.75) is 26.4 Å². The summed E-state index contributed by atoms with van der Waals surface area (Å²) >= 11 is 0. The summed E-state index contributed by atoms with van der Waals surface area (Å²) in [5.41, 5.74) is 2.28. The molecule has 0 saturated heterocycles. The van der Waals surface area contributed by atoms with Crippen molar-refractivity contribution < 1.29 is 14.3 Å². The first kappa shape index (κ1) is 18.0. The van der Waals surface area contributed by atoms with Crippen molar-refractivity contribution in [1.29, 1.82) is 0 Å². The highest BCUT2D eigenvalue weighted by Crippen LogP contribution is 2.25. The van der Waals surface area contributed by atoms with E-state index in [1.54, 1.807) is 26.8 Å². The maximum absolute atomic E-state index is 12.3. The second-order valence-electron chi connectivity index (χ2n) is 6.73. The van der Waals surface area contributed by atoms with Crippen molar-refractivity contribution >= 4 is 5.91 Å². The van der Waals surface area contributed by atoms with E-state index in [4.69, 9.17) is 4.42 Å². The van der Waals surface area contributed by atoms with Gasteiger partial charge in [-0.15, -0.1) is 0 Å². The number of aryl methyl sites for hydroxylation is 2. The van der Waals surface area contributed by atoms with E-state index in [9.17, 15) is 9.90 Å². The summed E-state index contributed by atoms with van der Waals surface area (Å²) in [4.78, 5) is 12.3. The van der Waals surface area contributed by atoms with Gasteiger partial charge < -0.3 is 14.8 Å². The Hall–Kier alpha value is -2.85. The maximum Gasteiger partial charge on any atom is 0.254 e. The first-order valence-corrected chi connectivity index (χ1v) is 8.60. The lowest BCUT2D eigenvalue weighted by molar-refractivity contribution is 0.0526. The van der Waals surface area contributed by atoms with Crippen molar-refractivity contribution in [3.8, 4) is 11.1 Å². The molecule has 1 unspecified atom stereocenters. The Morgan fingerprint density at radius 1 is 1.04 bits per heavy atom. The molecule has 2 N–H and O–H groups in total. The van der Waals surface area contributed by atoms with Crippen LogP contribution in [0.15, 0.2) is 65.1 Å². The first-order valence-electron chi connectivity index (χ1n) is 8.60. The highest BCUT2D eigenvalue weighted by molar-refractivity contribution is 5.95. The lowest BCUT2D eigenvalue weighted by Gasteiger charge is -2.24. The molecule has 3 aromatic rings. The maximum atomic E-state index is 12.3. The van der Waals surface area contributed by atoms with Gasteiger partial charge in [0.25, 0.3) is 5.91 Å². The third kappa shape index (κ3) is 3.86. The molecule has 1 aromatic heterocycles. The van der Waals surface area contributed by atoms with Gasteiger partial charge in [0.2, 0.25) is 0 Å². The van der Waals surface area contributed by atoms with E-state index in [2.05, 4.69) is 5.32 Å². The quantitative estimate of drug-likeness (QED) is 0.726. The second-order valence-corrected chi connectivity index (χ2v) is 6.73. The van der Waals surface area contributed by atoms with E-state index < -0.39 is 5.60 Å². The number of hydrogen-bond donors (Lipinski definition) is 2. The van der Waals surface area contributed by atoms with Gasteiger partial charge in [-0.2, -0.15) is 0 Å². The number of amides is 1. The molecule has 3 rings (SSSR count). The lowest BCUT2D eigenvalue weighted by Crippen LogP contribution is -2.38. The van der Waals surface area contributed by atoms with Gasteiger partial charge in [-0.3, -0.25) is 4.79 Å². The molecule has 4 heteroatoms. The normalized spacial score (nSPS) is 13.2. The summed E-state index contributed by atoms with van der Waals surface area (Å²) in [7, 11) is 0. The van der Waals surface area contributed by atoms with E-state index in [1.807, 2.05) is 54.6 Å². The smallest absolute Gasteiger partial charge is 0.254 e. The summed E-state index contributed by atoms with van der Waals surface area (Å²) in [6, 6.07) is 19.5. The predicted octanol–water partition coefficient (Wildman–Crippen LogP) is 4.20. The highest BCUT2D eigenvalue weighted by atomic mass is 16.3. The summed E-state index contributed by atoms with van der Waals surface area (Å²) in [5.74, 6) is 1.02. The van der Waals surface area contributed by atoms with Crippen molar-refractivity contribution in [3.05, 3.63) is 83.3 Å². The summed E-state index contributed by atoms with van der Waals surface area (Å²) in [5, 5.41) is 13.6. The molecule has 2 aromatic carbocycles. The standard InChI is InChI=1S/C22H23NO3/c1-15-13-20(16(2)26-15)21(24)23-14-22(3,25)19-11-9-18(10-12-19)17-7-5-4-6-8-17/h4-13,25H,14H2,1-3H3,(H,23,24). The van der Waals surface area contributed by atoms with E-state index in [0.717, 1.165) is 16.7 Å². The van der Waals surface area contributed by atoms with Gasteiger partial charge in [-0.05, 0) is 43.5 Å². The molecule has 0 saturated carbocycles. The van der Waals surface area contributed by atoms with Crippen molar-refractivity contribution in [3.63, 3.8) is 0 Å². The van der Waals surface area contributed by atoms with Gasteiger partial charge >= 0.3 is 0 Å². The van der Waals surface area contributed by atoms with Crippen molar-refractivity contribution in [2.75, 3.05) is 6.54 Å². The molecule has 26 heavy (non-hydrogen) atoms. The Bertz CT molecular complexity index is 893. The first-order chi connectivity index (χ1) is 12.4. The van der Waals surface area contributed by atoms with E-state index in [0.29, 0.717) is 17.1 Å². The molecule has 0 aliphatic rings. The molecule has 0 aliphatic carbocycles. The van der Waals surface area contributed by atoms with Gasteiger partial charge in [0, 0.05) is 0 Å². The molecule has 1 atom stereocenters. The van der Waals surface area contributed by atoms with Gasteiger partial charge in [-0.25, -0.2) is 0 Å². The SMILES string of the molecule is Cc1cc(C(=O)NCC(C)(O)c2ccc(-c3ccccc3)cc2)c(C)o1. The van der Waals surface area contributed by atoms with Gasteiger partial charge in [0.05, 0.1) is 12.1 Å². The van der Waals surface area contributed by atoms with Crippen LogP contribution in [0.5, 0.6) is 0 Å². The van der Waals surface area contributed by atoms with Gasteiger partial charge in [0.1, 0.15) is 17.1 Å². The average Bonchev–Trinajstić information content (AvgIpc) is 2.99. The zero-order valence-electron chi connectivity index (χ0n) is 15.2. The number of rotatable bonds is 5. The molecule has 0 spiro atoms. The lowest BCUT2D eigenvalue weighted by atomic mass is 9.93. The van der Waals surface area contributed by atoms with Crippen LogP contribution in [0, 0.1) is 13.8 Å². The molecule has 0 bridgehead atoms. The van der Waals surface area contributed by atoms with Crippen LogP contribution in [0.4, 0.5) is 0 Å². The summed E-state index contributed by atoms with van der Waals surface area (Å²) in [6.07, 6.45) is 0. The number of carbonyl (C=O) groups excluding carboxylic acids is 1. The molecule has 134 valence electrons. The highest BCUT2D eigenvalue weighted by Gasteiger charge is 2.25. The number of benzene rings is 2. The minimum Gasteiger partial charge on any atom is -0.466 e. The summed E-state index contributed by atoms with van der Waals surface area (Å²) in [6.45, 7) is 5.36. The van der Waals surface area contributed by atoms with Crippen LogP contribution < -0.4 is 5.32 Å². The van der Waals surface area contributed by atoms with Crippen molar-refractivity contribution in [1.82, 2.24) is 5.32 Å². The van der Waals surface area contributed by atoms with Crippen LogP contribution in [0.2, 0.25) is 0 Å². The van der Waals surface area contributed by atoms with E-state index in [-0.39, 0.29) is 12.5 Å². The zero-order chi connectivity index (χ0) is 18.7. The molecule has 4 nitrogen and oxygen atoms in total. The van der Waals surface area contributed by atoms with E-state index >= 15 is 0 Å². The van der Waals surface area contributed by atoms with Crippen LogP contribution >= 0.6 is 0 Å². The number of hydrogen-bond acceptors (Lipinski definition) is 3. The van der Waals surface area contributed by atoms with Crippen LogP contribution in [0.3, 0.4) is 0 Å².